The van der Waals surface area contributed by atoms with Crippen molar-refractivity contribution in [3.63, 3.8) is 0 Å². The standard InChI is InChI=1S/C16H17N5O/c1-10-8-18-15(19-10)12-5-3-4-6-13(12)20-16(22)14-7-11(17)9-21(14)2/h3-9H,17H2,1-2H3,(H,18,19)(H,20,22). The Kier molecular flexibility index (Phi) is 3.42. The molecule has 6 heteroatoms. The van der Waals surface area contributed by atoms with Gasteiger partial charge in [-0.15, -0.1) is 0 Å². The molecule has 0 radical (unpaired) electrons. The van der Waals surface area contributed by atoms with Gasteiger partial charge >= 0.3 is 0 Å². The number of anilines is 2. The Labute approximate surface area is 128 Å². The minimum Gasteiger partial charge on any atom is -0.397 e. The number of imidazole rings is 1. The first-order valence-electron chi connectivity index (χ1n) is 6.89. The molecule has 0 spiro atoms. The summed E-state index contributed by atoms with van der Waals surface area (Å²) >= 11 is 0. The van der Waals surface area contributed by atoms with Gasteiger partial charge in [0, 0.05) is 30.7 Å². The molecule has 0 aliphatic rings. The summed E-state index contributed by atoms with van der Waals surface area (Å²) in [6, 6.07) is 9.18. The second-order valence-electron chi connectivity index (χ2n) is 5.18. The van der Waals surface area contributed by atoms with Crippen LogP contribution in [0.4, 0.5) is 11.4 Å². The number of amides is 1. The van der Waals surface area contributed by atoms with E-state index in [0.717, 1.165) is 17.1 Å². The van der Waals surface area contributed by atoms with Crippen LogP contribution in [0.3, 0.4) is 0 Å². The molecule has 6 nitrogen and oxygen atoms in total. The number of H-pyrrole nitrogens is 1. The van der Waals surface area contributed by atoms with Gasteiger partial charge in [0.25, 0.3) is 5.91 Å². The van der Waals surface area contributed by atoms with E-state index in [2.05, 4.69) is 15.3 Å². The number of aryl methyl sites for hydroxylation is 2. The lowest BCUT2D eigenvalue weighted by molar-refractivity contribution is 0.101. The third-order valence-electron chi connectivity index (χ3n) is 3.39. The number of hydrogen-bond acceptors (Lipinski definition) is 3. The highest BCUT2D eigenvalue weighted by atomic mass is 16.1. The van der Waals surface area contributed by atoms with Gasteiger partial charge in [-0.3, -0.25) is 4.79 Å². The summed E-state index contributed by atoms with van der Waals surface area (Å²) in [5.41, 5.74) is 9.28. The molecule has 2 aromatic heterocycles. The van der Waals surface area contributed by atoms with E-state index in [1.807, 2.05) is 31.2 Å². The lowest BCUT2D eigenvalue weighted by atomic mass is 10.1. The predicted molar refractivity (Wildman–Crippen MR) is 86.5 cm³/mol. The van der Waals surface area contributed by atoms with E-state index < -0.39 is 0 Å². The Balaban J connectivity index is 1.93. The number of carbonyl (C=O) groups is 1. The minimum atomic E-state index is -0.213. The molecule has 1 amide bonds. The molecule has 2 heterocycles. The largest absolute Gasteiger partial charge is 0.397 e. The van der Waals surface area contributed by atoms with Gasteiger partial charge in [-0.05, 0) is 25.1 Å². The highest BCUT2D eigenvalue weighted by molar-refractivity contribution is 6.05. The van der Waals surface area contributed by atoms with Gasteiger partial charge in [0.1, 0.15) is 11.5 Å². The molecule has 22 heavy (non-hydrogen) atoms. The zero-order valence-electron chi connectivity index (χ0n) is 12.4. The Morgan fingerprint density at radius 1 is 1.36 bits per heavy atom. The smallest absolute Gasteiger partial charge is 0.272 e. The van der Waals surface area contributed by atoms with Crippen LogP contribution in [0.2, 0.25) is 0 Å². The first-order valence-corrected chi connectivity index (χ1v) is 6.89. The van der Waals surface area contributed by atoms with Crippen molar-refractivity contribution in [2.24, 2.45) is 7.05 Å². The quantitative estimate of drug-likeness (QED) is 0.693. The molecule has 0 aliphatic heterocycles. The predicted octanol–water partition coefficient (Wildman–Crippen LogP) is 2.56. The molecule has 0 saturated carbocycles. The van der Waals surface area contributed by atoms with Crippen LogP contribution in [0.1, 0.15) is 16.2 Å². The van der Waals surface area contributed by atoms with Crippen molar-refractivity contribution in [1.82, 2.24) is 14.5 Å². The number of carbonyl (C=O) groups excluding carboxylic acids is 1. The summed E-state index contributed by atoms with van der Waals surface area (Å²) in [7, 11) is 1.78. The molecule has 0 bridgehead atoms. The van der Waals surface area contributed by atoms with Crippen LogP contribution in [-0.4, -0.2) is 20.4 Å². The molecule has 0 fully saturated rings. The van der Waals surface area contributed by atoms with Crippen LogP contribution in [0.25, 0.3) is 11.4 Å². The highest BCUT2D eigenvalue weighted by Crippen LogP contribution is 2.26. The number of aromatic amines is 1. The number of para-hydroxylation sites is 1. The fraction of sp³-hybridized carbons (Fsp3) is 0.125. The Bertz CT molecular complexity index is 831. The van der Waals surface area contributed by atoms with Crippen molar-refractivity contribution < 1.29 is 4.79 Å². The molecule has 0 unspecified atom stereocenters. The van der Waals surface area contributed by atoms with E-state index in [9.17, 15) is 4.79 Å². The van der Waals surface area contributed by atoms with E-state index in [1.165, 1.54) is 0 Å². The SMILES string of the molecule is Cc1cnc(-c2ccccc2NC(=O)c2cc(N)cn2C)[nH]1. The lowest BCUT2D eigenvalue weighted by Gasteiger charge is -2.10. The fourth-order valence-electron chi connectivity index (χ4n) is 2.35. The molecule has 3 rings (SSSR count). The number of hydrogen-bond donors (Lipinski definition) is 3. The Morgan fingerprint density at radius 2 is 2.14 bits per heavy atom. The highest BCUT2D eigenvalue weighted by Gasteiger charge is 2.14. The molecular weight excluding hydrogens is 278 g/mol. The zero-order chi connectivity index (χ0) is 15.7. The summed E-state index contributed by atoms with van der Waals surface area (Å²) in [6.07, 6.45) is 3.46. The lowest BCUT2D eigenvalue weighted by Crippen LogP contribution is -2.15. The summed E-state index contributed by atoms with van der Waals surface area (Å²) in [4.78, 5) is 19.9. The third kappa shape index (κ3) is 2.58. The third-order valence-corrected chi connectivity index (χ3v) is 3.39. The number of nitrogen functional groups attached to an aromatic ring is 1. The number of nitrogens with zero attached hydrogens (tertiary/aromatic N) is 2. The maximum atomic E-state index is 12.4. The van der Waals surface area contributed by atoms with E-state index in [1.54, 1.807) is 30.1 Å². The molecule has 1 aromatic carbocycles. The summed E-state index contributed by atoms with van der Waals surface area (Å²) in [5, 5.41) is 2.91. The second-order valence-corrected chi connectivity index (χ2v) is 5.18. The van der Waals surface area contributed by atoms with Gasteiger partial charge in [0.05, 0.1) is 11.4 Å². The zero-order valence-corrected chi connectivity index (χ0v) is 12.4. The van der Waals surface area contributed by atoms with Crippen LogP contribution in [-0.2, 0) is 7.05 Å². The summed E-state index contributed by atoms with van der Waals surface area (Å²) in [6.45, 7) is 1.93. The number of aromatic nitrogens is 3. The van der Waals surface area contributed by atoms with Crippen molar-refractivity contribution >= 4 is 17.3 Å². The van der Waals surface area contributed by atoms with Gasteiger partial charge in [0.15, 0.2) is 0 Å². The van der Waals surface area contributed by atoms with Crippen LogP contribution >= 0.6 is 0 Å². The van der Waals surface area contributed by atoms with E-state index in [-0.39, 0.29) is 5.91 Å². The van der Waals surface area contributed by atoms with E-state index >= 15 is 0 Å². The number of benzene rings is 1. The molecule has 0 saturated heterocycles. The fourth-order valence-corrected chi connectivity index (χ4v) is 2.35. The molecule has 112 valence electrons. The van der Waals surface area contributed by atoms with Crippen molar-refractivity contribution in [3.8, 4) is 11.4 Å². The first kappa shape index (κ1) is 13.9. The normalized spacial score (nSPS) is 10.6. The van der Waals surface area contributed by atoms with Crippen LogP contribution < -0.4 is 11.1 Å². The Hall–Kier alpha value is -3.02. The number of rotatable bonds is 3. The summed E-state index contributed by atoms with van der Waals surface area (Å²) in [5.74, 6) is 0.509. The van der Waals surface area contributed by atoms with Crippen LogP contribution in [0.15, 0.2) is 42.7 Å². The average molecular weight is 295 g/mol. The van der Waals surface area contributed by atoms with Crippen molar-refractivity contribution in [2.45, 2.75) is 6.92 Å². The molecule has 0 atom stereocenters. The van der Waals surface area contributed by atoms with Crippen LogP contribution in [0.5, 0.6) is 0 Å². The van der Waals surface area contributed by atoms with Crippen molar-refractivity contribution in [3.05, 3.63) is 54.1 Å². The molecular formula is C16H17N5O. The first-order chi connectivity index (χ1) is 10.5. The second kappa shape index (κ2) is 5.40. The number of nitrogens with one attached hydrogen (secondary N) is 2. The van der Waals surface area contributed by atoms with Gasteiger partial charge < -0.3 is 20.6 Å². The van der Waals surface area contributed by atoms with Crippen molar-refractivity contribution in [2.75, 3.05) is 11.1 Å². The minimum absolute atomic E-state index is 0.213. The van der Waals surface area contributed by atoms with Gasteiger partial charge in [-0.2, -0.15) is 0 Å². The van der Waals surface area contributed by atoms with Gasteiger partial charge in [-0.1, -0.05) is 12.1 Å². The molecule has 0 aliphatic carbocycles. The van der Waals surface area contributed by atoms with Crippen molar-refractivity contribution in [1.29, 1.82) is 0 Å². The maximum absolute atomic E-state index is 12.4. The van der Waals surface area contributed by atoms with Crippen LogP contribution in [0, 0.1) is 6.92 Å². The average Bonchev–Trinajstić information content (AvgIpc) is 3.05. The maximum Gasteiger partial charge on any atom is 0.272 e. The van der Waals surface area contributed by atoms with Gasteiger partial charge in [-0.25, -0.2) is 4.98 Å². The monoisotopic (exact) mass is 295 g/mol. The topological polar surface area (TPSA) is 88.7 Å². The van der Waals surface area contributed by atoms with E-state index in [4.69, 9.17) is 5.73 Å². The molecule has 3 aromatic rings. The van der Waals surface area contributed by atoms with E-state index in [0.29, 0.717) is 17.1 Å². The van der Waals surface area contributed by atoms with Gasteiger partial charge in [0.2, 0.25) is 0 Å². The molecule has 4 N–H and O–H groups in total. The summed E-state index contributed by atoms with van der Waals surface area (Å²) < 4.78 is 1.70. The number of nitrogens with two attached hydrogens (primary N) is 1. The Morgan fingerprint density at radius 3 is 2.77 bits per heavy atom.